The molecule has 0 saturated heterocycles. The van der Waals surface area contributed by atoms with Crippen LogP contribution in [0.15, 0.2) is 0 Å². The molecule has 130 valence electrons. The molecular weight excluding hydrogens is 346 g/mol. The summed E-state index contributed by atoms with van der Waals surface area (Å²) >= 11 is 0. The number of carbonyl (C=O) groups is 4. The Hall–Kier alpha value is -1.72. The molecule has 0 fully saturated rings. The van der Waals surface area contributed by atoms with Gasteiger partial charge < -0.3 is 31.4 Å². The monoisotopic (exact) mass is 365 g/mol. The van der Waals surface area contributed by atoms with E-state index in [1.165, 1.54) is 0 Å². The Balaban J connectivity index is -0.00000180. The van der Waals surface area contributed by atoms with Crippen molar-refractivity contribution in [3.63, 3.8) is 0 Å². The van der Waals surface area contributed by atoms with E-state index in [0.717, 1.165) is 9.80 Å². The number of hydrogen-bond acceptors (Lipinski definition) is 7. The summed E-state index contributed by atoms with van der Waals surface area (Å²) in [5.74, 6) is -5.21. The molecule has 12 heteroatoms. The van der Waals surface area contributed by atoms with Crippen molar-refractivity contribution in [1.29, 1.82) is 0 Å². The summed E-state index contributed by atoms with van der Waals surface area (Å²) in [6, 6.07) is 0. The summed E-state index contributed by atoms with van der Waals surface area (Å²) in [6.45, 7) is -2.50. The fourth-order valence-corrected chi connectivity index (χ4v) is 1.47. The molecule has 11 nitrogen and oxygen atoms in total. The Morgan fingerprint density at radius 1 is 0.727 bits per heavy atom. The Kier molecular flexibility index (Phi) is 14.9. The smallest absolute Gasteiger partial charge is 0.317 e. The fourth-order valence-electron chi connectivity index (χ4n) is 1.47. The molecule has 0 aliphatic rings. The Morgan fingerprint density at radius 3 is 1.23 bits per heavy atom. The van der Waals surface area contributed by atoms with Crippen molar-refractivity contribution in [2.24, 2.45) is 0 Å². The first-order chi connectivity index (χ1) is 9.20. The quantitative estimate of drug-likeness (QED) is 0.273. The zero-order valence-corrected chi connectivity index (χ0v) is 13.0. The van der Waals surface area contributed by atoms with E-state index in [2.05, 4.69) is 0 Å². The third-order valence-corrected chi connectivity index (χ3v) is 2.16. The van der Waals surface area contributed by atoms with Crippen LogP contribution in [0.25, 0.3) is 0 Å². The van der Waals surface area contributed by atoms with Gasteiger partial charge in [0.05, 0.1) is 25.6 Å². The van der Waals surface area contributed by atoms with E-state index in [9.17, 15) is 24.3 Å². The Labute approximate surface area is 136 Å². The third-order valence-electron chi connectivity index (χ3n) is 2.16. The number of rotatable bonds is 11. The van der Waals surface area contributed by atoms with Crippen molar-refractivity contribution in [3.05, 3.63) is 0 Å². The van der Waals surface area contributed by atoms with Gasteiger partial charge in [-0.15, -0.1) is 0 Å². The van der Waals surface area contributed by atoms with Gasteiger partial charge in [0.15, 0.2) is 0 Å². The van der Waals surface area contributed by atoms with E-state index in [1.807, 2.05) is 0 Å². The van der Waals surface area contributed by atoms with Gasteiger partial charge in [0.1, 0.15) is 0 Å². The van der Waals surface area contributed by atoms with Crippen molar-refractivity contribution in [2.45, 2.75) is 0 Å². The summed E-state index contributed by atoms with van der Waals surface area (Å²) < 4.78 is 0. The predicted octanol–water partition coefficient (Wildman–Crippen LogP) is -3.03. The molecule has 0 aromatic carbocycles. The summed E-state index contributed by atoms with van der Waals surface area (Å²) in [5, 5.41) is 36.3. The van der Waals surface area contributed by atoms with Crippen molar-refractivity contribution in [2.75, 3.05) is 39.3 Å². The molecule has 22 heavy (non-hydrogen) atoms. The molecule has 0 radical (unpaired) electrons. The van der Waals surface area contributed by atoms with E-state index >= 15 is 0 Å². The predicted molar refractivity (Wildman–Crippen MR) is 66.8 cm³/mol. The van der Waals surface area contributed by atoms with Crippen LogP contribution < -0.4 is 11.3 Å². The minimum Gasteiger partial charge on any atom is -0.549 e. The first-order valence-corrected chi connectivity index (χ1v) is 5.50. The number of quaternary nitrogens is 1. The second-order valence-corrected chi connectivity index (χ2v) is 3.97. The van der Waals surface area contributed by atoms with E-state index in [-0.39, 0.29) is 36.3 Å². The Morgan fingerprint density at radius 2 is 1.00 bits per heavy atom. The molecule has 0 spiro atoms. The normalized spacial score (nSPS) is 9.73. The number of nitrogens with zero attached hydrogens (tertiary/aromatic N) is 2. The molecule has 0 aromatic rings. The minimum atomic E-state index is -1.48. The van der Waals surface area contributed by atoms with Crippen LogP contribution in [-0.4, -0.2) is 88.3 Å². The zero-order valence-electron chi connectivity index (χ0n) is 11.9. The fraction of sp³-hybridized carbons (Fsp3) is 0.600. The first-order valence-electron chi connectivity index (χ1n) is 5.50. The van der Waals surface area contributed by atoms with Gasteiger partial charge in [-0.3, -0.25) is 24.2 Å². The SMILES string of the molecule is O=C([O-])CN(CCN(CC(=O)O)CC(=O)O)CC(=O)O.[Fe].[NH4+]. The van der Waals surface area contributed by atoms with Crippen molar-refractivity contribution < 1.29 is 56.7 Å². The maximum atomic E-state index is 10.5. The summed E-state index contributed by atoms with van der Waals surface area (Å²) in [5.41, 5.74) is 0. The van der Waals surface area contributed by atoms with Gasteiger partial charge >= 0.3 is 17.9 Å². The summed E-state index contributed by atoms with van der Waals surface area (Å²) in [6.07, 6.45) is 0. The molecule has 0 aliphatic heterocycles. The molecule has 0 aromatic heterocycles. The molecule has 0 saturated carbocycles. The Bertz CT molecular complexity index is 324. The largest absolute Gasteiger partial charge is 0.549 e. The van der Waals surface area contributed by atoms with E-state index < -0.39 is 50.1 Å². The average Bonchev–Trinajstić information content (AvgIpc) is 2.22. The molecule has 0 aliphatic carbocycles. The van der Waals surface area contributed by atoms with Crippen LogP contribution in [0.5, 0.6) is 0 Å². The minimum absolute atomic E-state index is 0. The van der Waals surface area contributed by atoms with Gasteiger partial charge in [-0.05, 0) is 0 Å². The molecule has 0 atom stereocenters. The van der Waals surface area contributed by atoms with Gasteiger partial charge in [0.2, 0.25) is 0 Å². The van der Waals surface area contributed by atoms with Crippen molar-refractivity contribution >= 4 is 23.9 Å². The molecule has 0 unspecified atom stereocenters. The van der Waals surface area contributed by atoms with Crippen LogP contribution in [0.1, 0.15) is 0 Å². The molecule has 0 bridgehead atoms. The maximum absolute atomic E-state index is 10.5. The van der Waals surface area contributed by atoms with E-state index in [0.29, 0.717) is 0 Å². The standard InChI is InChI=1S/C10H16N2O8.Fe.H3N/c13-7(14)3-11(4-8(15)16)1-2-12(5-9(17)18)6-10(19)20;;/h1-6H2,(H,13,14)(H,15,16)(H,17,18)(H,19,20);;1H3. The van der Waals surface area contributed by atoms with Gasteiger partial charge in [0.25, 0.3) is 0 Å². The topological polar surface area (TPSA) is 195 Å². The van der Waals surface area contributed by atoms with Gasteiger partial charge in [-0.2, -0.15) is 0 Å². The van der Waals surface area contributed by atoms with Crippen LogP contribution in [0.4, 0.5) is 0 Å². The number of hydrogen-bond donors (Lipinski definition) is 4. The third kappa shape index (κ3) is 14.7. The van der Waals surface area contributed by atoms with Crippen LogP contribution in [0, 0.1) is 0 Å². The zero-order chi connectivity index (χ0) is 15.7. The van der Waals surface area contributed by atoms with E-state index in [1.54, 1.807) is 0 Å². The summed E-state index contributed by atoms with van der Waals surface area (Å²) in [7, 11) is 0. The van der Waals surface area contributed by atoms with Gasteiger partial charge in [0, 0.05) is 36.7 Å². The number of aliphatic carboxylic acids is 4. The maximum Gasteiger partial charge on any atom is 0.317 e. The van der Waals surface area contributed by atoms with Crippen LogP contribution in [0.3, 0.4) is 0 Å². The molecule has 0 heterocycles. The second kappa shape index (κ2) is 13.0. The summed E-state index contributed by atoms with van der Waals surface area (Å²) in [4.78, 5) is 44.1. The van der Waals surface area contributed by atoms with Gasteiger partial charge in [-0.25, -0.2) is 0 Å². The second-order valence-electron chi connectivity index (χ2n) is 3.97. The molecule has 0 rings (SSSR count). The van der Waals surface area contributed by atoms with Gasteiger partial charge in [-0.1, -0.05) is 0 Å². The number of carboxylic acids is 4. The van der Waals surface area contributed by atoms with Crippen LogP contribution in [-0.2, 0) is 36.2 Å². The van der Waals surface area contributed by atoms with Crippen LogP contribution in [0.2, 0.25) is 0 Å². The number of carbonyl (C=O) groups excluding carboxylic acids is 1. The van der Waals surface area contributed by atoms with E-state index in [4.69, 9.17) is 15.3 Å². The van der Waals surface area contributed by atoms with Crippen LogP contribution >= 0.6 is 0 Å². The van der Waals surface area contributed by atoms with Crippen molar-refractivity contribution in [3.8, 4) is 0 Å². The molecule has 0 amide bonds. The molecule has 7 N–H and O–H groups in total. The molecular formula is C10H19FeN3O8. The first kappa shape index (κ1) is 25.2. The van der Waals surface area contributed by atoms with Crippen molar-refractivity contribution in [1.82, 2.24) is 16.0 Å². The average molecular weight is 365 g/mol. The number of carboxylic acid groups (broad SMARTS) is 4.